The molecule has 0 spiro atoms. The van der Waals surface area contributed by atoms with Gasteiger partial charge in [-0.25, -0.2) is 8.42 Å². The van der Waals surface area contributed by atoms with Crippen LogP contribution in [0.4, 0.5) is 11.4 Å². The summed E-state index contributed by atoms with van der Waals surface area (Å²) in [4.78, 5) is 10.1. The number of fused-ring (bicyclic) bond motifs is 1. The molecule has 3 rings (SSSR count). The minimum absolute atomic E-state index is 0.0287. The quantitative estimate of drug-likeness (QED) is 0.552. The van der Waals surface area contributed by atoms with Crippen LogP contribution in [0.15, 0.2) is 35.2 Å². The maximum atomic E-state index is 12.9. The number of hydrogen-bond acceptors (Lipinski definition) is 7. The molecule has 0 amide bonds. The van der Waals surface area contributed by atoms with Gasteiger partial charge in [-0.05, 0) is 32.0 Å². The summed E-state index contributed by atoms with van der Waals surface area (Å²) in [5, 5.41) is 11.4. The zero-order valence-corrected chi connectivity index (χ0v) is 16.4. The van der Waals surface area contributed by atoms with Gasteiger partial charge in [0.2, 0.25) is 0 Å². The van der Waals surface area contributed by atoms with E-state index in [1.807, 2.05) is 6.92 Å². The van der Waals surface area contributed by atoms with Crippen LogP contribution >= 0.6 is 0 Å². The van der Waals surface area contributed by atoms with E-state index in [9.17, 15) is 18.5 Å². The summed E-state index contributed by atoms with van der Waals surface area (Å²) < 4.78 is 44.4. The molecular weight excluding hydrogens is 388 g/mol. The number of ether oxygens (including phenoxy) is 3. The summed E-state index contributed by atoms with van der Waals surface area (Å²) >= 11 is 0. The Balaban J connectivity index is 2.04. The molecular formula is C18H20N2O7S. The van der Waals surface area contributed by atoms with Gasteiger partial charge in [0.25, 0.3) is 15.7 Å². The Morgan fingerprint density at radius 3 is 2.71 bits per heavy atom. The minimum Gasteiger partial charge on any atom is -0.497 e. The number of methoxy groups -OCH3 is 1. The number of hydrogen-bond donors (Lipinski definition) is 1. The predicted molar refractivity (Wildman–Crippen MR) is 102 cm³/mol. The van der Waals surface area contributed by atoms with Gasteiger partial charge < -0.3 is 14.2 Å². The molecule has 10 heteroatoms. The Bertz CT molecular complexity index is 1020. The Morgan fingerprint density at radius 2 is 2.07 bits per heavy atom. The first kappa shape index (κ1) is 19.7. The van der Waals surface area contributed by atoms with Crippen molar-refractivity contribution in [3.05, 3.63) is 46.0 Å². The third-order valence-electron chi connectivity index (χ3n) is 4.19. The van der Waals surface area contributed by atoms with Crippen molar-refractivity contribution in [1.29, 1.82) is 0 Å². The number of anilines is 1. The van der Waals surface area contributed by atoms with Gasteiger partial charge in [-0.15, -0.1) is 0 Å². The normalized spacial score (nSPS) is 15.5. The summed E-state index contributed by atoms with van der Waals surface area (Å²) in [6.07, 6.45) is 0.658. The largest absolute Gasteiger partial charge is 0.497 e. The van der Waals surface area contributed by atoms with Crippen LogP contribution in [0.25, 0.3) is 0 Å². The first-order chi connectivity index (χ1) is 13.2. The van der Waals surface area contributed by atoms with Crippen LogP contribution in [-0.2, 0) is 16.4 Å². The van der Waals surface area contributed by atoms with Gasteiger partial charge >= 0.3 is 0 Å². The summed E-state index contributed by atoms with van der Waals surface area (Å²) in [5.41, 5.74) is 0.477. The molecule has 2 aromatic carbocycles. The summed E-state index contributed by atoms with van der Waals surface area (Å²) in [7, 11) is -2.93. The highest BCUT2D eigenvalue weighted by molar-refractivity contribution is 7.92. The number of nitro benzene ring substituents is 1. The summed E-state index contributed by atoms with van der Waals surface area (Å²) in [5.74, 6) is 1.07. The van der Waals surface area contributed by atoms with Gasteiger partial charge in [0.1, 0.15) is 23.4 Å². The Hall–Kier alpha value is -3.01. The van der Waals surface area contributed by atoms with E-state index < -0.39 is 25.5 Å². The molecule has 0 fully saturated rings. The van der Waals surface area contributed by atoms with Crippen molar-refractivity contribution in [1.82, 2.24) is 0 Å². The van der Waals surface area contributed by atoms with Gasteiger partial charge in [0, 0.05) is 18.1 Å². The zero-order chi connectivity index (χ0) is 20.5. The standard InChI is InChI=1S/C18H20N2O7S/c1-4-26-17-8-12-7-11(2)27-16(12)10-14(17)19-28(23,24)18-6-5-13(25-3)9-15(18)20(21)22/h5-6,8-11,19H,4,7H2,1-3H3. The Labute approximate surface area is 162 Å². The van der Waals surface area contributed by atoms with Crippen molar-refractivity contribution in [2.24, 2.45) is 0 Å². The van der Waals surface area contributed by atoms with Crippen molar-refractivity contribution in [2.45, 2.75) is 31.3 Å². The maximum Gasteiger partial charge on any atom is 0.293 e. The third kappa shape index (κ3) is 3.81. The van der Waals surface area contributed by atoms with Crippen molar-refractivity contribution in [2.75, 3.05) is 18.4 Å². The van der Waals surface area contributed by atoms with E-state index in [0.717, 1.165) is 17.7 Å². The van der Waals surface area contributed by atoms with E-state index in [0.29, 0.717) is 24.5 Å². The number of rotatable bonds is 7. The van der Waals surface area contributed by atoms with Crippen molar-refractivity contribution in [3.8, 4) is 17.2 Å². The molecule has 2 aromatic rings. The second-order valence-electron chi connectivity index (χ2n) is 6.22. The smallest absolute Gasteiger partial charge is 0.293 e. The number of benzene rings is 2. The fourth-order valence-corrected chi connectivity index (χ4v) is 4.20. The van der Waals surface area contributed by atoms with Gasteiger partial charge in [0.15, 0.2) is 4.90 Å². The highest BCUT2D eigenvalue weighted by atomic mass is 32.2. The molecule has 1 aliphatic heterocycles. The van der Waals surface area contributed by atoms with Crippen molar-refractivity contribution >= 4 is 21.4 Å². The highest BCUT2D eigenvalue weighted by Gasteiger charge is 2.29. The molecule has 1 unspecified atom stereocenters. The van der Waals surface area contributed by atoms with E-state index in [2.05, 4.69) is 4.72 Å². The van der Waals surface area contributed by atoms with E-state index in [4.69, 9.17) is 14.2 Å². The second-order valence-corrected chi connectivity index (χ2v) is 7.87. The van der Waals surface area contributed by atoms with Crippen LogP contribution in [0.2, 0.25) is 0 Å². The number of sulfonamides is 1. The molecule has 28 heavy (non-hydrogen) atoms. The van der Waals surface area contributed by atoms with Crippen LogP contribution < -0.4 is 18.9 Å². The van der Waals surface area contributed by atoms with Crippen molar-refractivity contribution in [3.63, 3.8) is 0 Å². The monoisotopic (exact) mass is 408 g/mol. The fourth-order valence-electron chi connectivity index (χ4n) is 2.99. The lowest BCUT2D eigenvalue weighted by atomic mass is 10.1. The third-order valence-corrected chi connectivity index (χ3v) is 5.61. The van der Waals surface area contributed by atoms with Crippen molar-refractivity contribution < 1.29 is 27.6 Å². The first-order valence-corrected chi connectivity index (χ1v) is 10.0. The molecule has 0 saturated carbocycles. The topological polar surface area (TPSA) is 117 Å². The van der Waals surface area contributed by atoms with E-state index >= 15 is 0 Å². The minimum atomic E-state index is -4.27. The lowest BCUT2D eigenvalue weighted by Crippen LogP contribution is -2.16. The molecule has 150 valence electrons. The lowest BCUT2D eigenvalue weighted by Gasteiger charge is -2.15. The molecule has 1 atom stereocenters. The predicted octanol–water partition coefficient (Wildman–Crippen LogP) is 3.13. The molecule has 0 aromatic heterocycles. The summed E-state index contributed by atoms with van der Waals surface area (Å²) in [6.45, 7) is 4.01. The Morgan fingerprint density at radius 1 is 1.32 bits per heavy atom. The average molecular weight is 408 g/mol. The van der Waals surface area contributed by atoms with Crippen LogP contribution in [0.1, 0.15) is 19.4 Å². The second kappa shape index (κ2) is 7.55. The highest BCUT2D eigenvalue weighted by Crippen LogP contribution is 2.39. The average Bonchev–Trinajstić information content (AvgIpc) is 3.00. The number of nitro groups is 1. The van der Waals surface area contributed by atoms with E-state index in [1.54, 1.807) is 13.0 Å². The van der Waals surface area contributed by atoms with E-state index in [1.165, 1.54) is 19.2 Å². The molecule has 1 aliphatic rings. The fraction of sp³-hybridized carbons (Fsp3) is 0.333. The number of nitrogens with zero attached hydrogens (tertiary/aromatic N) is 1. The molecule has 0 radical (unpaired) electrons. The SMILES string of the molecule is CCOc1cc2c(cc1NS(=O)(=O)c1ccc(OC)cc1[N+](=O)[O-])OC(C)C2. The molecule has 0 saturated heterocycles. The summed E-state index contributed by atoms with van der Waals surface area (Å²) in [6, 6.07) is 6.80. The van der Waals surface area contributed by atoms with Gasteiger partial charge in [-0.2, -0.15) is 0 Å². The van der Waals surface area contributed by atoms with Gasteiger partial charge in [0.05, 0.1) is 30.4 Å². The van der Waals surface area contributed by atoms with E-state index in [-0.39, 0.29) is 17.5 Å². The van der Waals surface area contributed by atoms with Gasteiger partial charge in [-0.1, -0.05) is 0 Å². The molecule has 9 nitrogen and oxygen atoms in total. The van der Waals surface area contributed by atoms with Crippen LogP contribution in [0.3, 0.4) is 0 Å². The zero-order valence-electron chi connectivity index (χ0n) is 15.6. The van der Waals surface area contributed by atoms with Gasteiger partial charge in [-0.3, -0.25) is 14.8 Å². The molecule has 0 bridgehead atoms. The van der Waals surface area contributed by atoms with Crippen LogP contribution in [-0.4, -0.2) is 33.2 Å². The lowest BCUT2D eigenvalue weighted by molar-refractivity contribution is -0.387. The Kier molecular flexibility index (Phi) is 5.32. The van der Waals surface area contributed by atoms with Crippen LogP contribution in [0, 0.1) is 10.1 Å². The first-order valence-electron chi connectivity index (χ1n) is 8.56. The molecule has 1 N–H and O–H groups in total. The van der Waals surface area contributed by atoms with Crippen LogP contribution in [0.5, 0.6) is 17.2 Å². The maximum absolute atomic E-state index is 12.9. The number of nitrogens with one attached hydrogen (secondary N) is 1. The molecule has 1 heterocycles. The molecule has 0 aliphatic carbocycles.